The number of carbonyl (C=O) groups excluding carboxylic acids is 1. The fraction of sp³-hybridized carbons (Fsp3) is 0.316. The van der Waals surface area contributed by atoms with Gasteiger partial charge in [0.1, 0.15) is 16.5 Å². The third-order valence-corrected chi connectivity index (χ3v) is 7.14. The first-order chi connectivity index (χ1) is 14.1. The molecule has 0 aromatic heterocycles. The van der Waals surface area contributed by atoms with E-state index >= 15 is 0 Å². The summed E-state index contributed by atoms with van der Waals surface area (Å²) in [5, 5.41) is 21.5. The van der Waals surface area contributed by atoms with E-state index in [2.05, 4.69) is 5.32 Å². The number of aliphatic hydroxyl groups excluding tert-OH is 1. The van der Waals surface area contributed by atoms with Crippen molar-refractivity contribution >= 4 is 33.2 Å². The highest BCUT2D eigenvalue weighted by Crippen LogP contribution is 2.28. The second-order valence-corrected chi connectivity index (χ2v) is 9.33. The number of nitrogens with one attached hydrogen (secondary N) is 1. The van der Waals surface area contributed by atoms with Crippen molar-refractivity contribution in [1.82, 2.24) is 4.31 Å². The first-order valence-electron chi connectivity index (χ1n) is 8.95. The molecule has 162 valence electrons. The van der Waals surface area contributed by atoms with Crippen LogP contribution < -0.4 is 5.32 Å². The molecule has 0 saturated carbocycles. The number of carbonyl (C=O) groups is 1. The standard InChI is InChI=1S/C19H19ClF2N2O5S/c20-14-10-13(2-4-15(14)21)23-18(26)12-1-3-16(22)17(9-12)30(28,29)24-7-5-19(27,11-25)6-8-24/h1-4,9-10,25,27H,5-8,11H2,(H,23,26). The average Bonchev–Trinajstić information content (AvgIpc) is 2.71. The summed E-state index contributed by atoms with van der Waals surface area (Å²) in [5.74, 6) is -2.43. The Balaban J connectivity index is 1.84. The third kappa shape index (κ3) is 4.62. The number of amides is 1. The van der Waals surface area contributed by atoms with Crippen LogP contribution in [0, 0.1) is 11.6 Å². The van der Waals surface area contributed by atoms with E-state index < -0.39 is 44.7 Å². The Hall–Kier alpha value is -2.11. The number of rotatable bonds is 5. The summed E-state index contributed by atoms with van der Waals surface area (Å²) in [6.45, 7) is -0.717. The molecule has 1 fully saturated rings. The first-order valence-corrected chi connectivity index (χ1v) is 10.8. The number of hydrogen-bond donors (Lipinski definition) is 3. The predicted molar refractivity (Wildman–Crippen MR) is 106 cm³/mol. The molecule has 1 heterocycles. The summed E-state index contributed by atoms with van der Waals surface area (Å²) in [6.07, 6.45) is -0.00823. The van der Waals surface area contributed by atoms with Crippen LogP contribution in [0.15, 0.2) is 41.3 Å². The highest BCUT2D eigenvalue weighted by Gasteiger charge is 2.37. The lowest BCUT2D eigenvalue weighted by molar-refractivity contribution is -0.0480. The minimum Gasteiger partial charge on any atom is -0.393 e. The van der Waals surface area contributed by atoms with Gasteiger partial charge in [0.2, 0.25) is 10.0 Å². The minimum atomic E-state index is -4.28. The molecule has 0 unspecified atom stereocenters. The molecule has 30 heavy (non-hydrogen) atoms. The zero-order chi connectivity index (χ0) is 22.1. The van der Waals surface area contributed by atoms with Crippen LogP contribution in [-0.4, -0.2) is 54.1 Å². The lowest BCUT2D eigenvalue weighted by Crippen LogP contribution is -2.48. The molecule has 0 radical (unpaired) electrons. The van der Waals surface area contributed by atoms with E-state index in [9.17, 15) is 32.2 Å². The Morgan fingerprint density at radius 2 is 1.77 bits per heavy atom. The summed E-state index contributed by atoms with van der Waals surface area (Å²) in [6, 6.07) is 6.42. The van der Waals surface area contributed by atoms with E-state index in [0.29, 0.717) is 0 Å². The van der Waals surface area contributed by atoms with Crippen molar-refractivity contribution in [2.45, 2.75) is 23.3 Å². The third-order valence-electron chi connectivity index (χ3n) is 4.94. The first kappa shape index (κ1) is 22.6. The lowest BCUT2D eigenvalue weighted by atomic mass is 9.94. The quantitative estimate of drug-likeness (QED) is 0.635. The molecule has 2 aromatic rings. The van der Waals surface area contributed by atoms with Gasteiger partial charge in [-0.3, -0.25) is 4.79 Å². The maximum atomic E-state index is 14.3. The summed E-state index contributed by atoms with van der Waals surface area (Å²) in [4.78, 5) is 11.8. The predicted octanol–water partition coefficient (Wildman–Crippen LogP) is 2.38. The molecule has 0 aliphatic carbocycles. The van der Waals surface area contributed by atoms with Gasteiger partial charge in [-0.1, -0.05) is 11.6 Å². The summed E-state index contributed by atoms with van der Waals surface area (Å²) in [7, 11) is -4.28. The molecule has 1 amide bonds. The summed E-state index contributed by atoms with van der Waals surface area (Å²) < 4.78 is 54.3. The number of aliphatic hydroxyl groups is 2. The highest BCUT2D eigenvalue weighted by atomic mass is 35.5. The molecular formula is C19H19ClF2N2O5S. The zero-order valence-corrected chi connectivity index (χ0v) is 17.2. The second kappa shape index (κ2) is 8.56. The van der Waals surface area contributed by atoms with Crippen molar-refractivity contribution in [1.29, 1.82) is 0 Å². The number of halogens is 3. The van der Waals surface area contributed by atoms with Crippen LogP contribution in [0.2, 0.25) is 5.02 Å². The Labute approximate surface area is 176 Å². The molecule has 3 rings (SSSR count). The molecular weight excluding hydrogens is 442 g/mol. The maximum Gasteiger partial charge on any atom is 0.255 e. The number of piperidine rings is 1. The molecule has 7 nitrogen and oxygen atoms in total. The minimum absolute atomic E-state index is 0.00412. The number of nitrogens with zero attached hydrogens (tertiary/aromatic N) is 1. The maximum absolute atomic E-state index is 14.3. The van der Waals surface area contributed by atoms with Crippen molar-refractivity contribution in [2.75, 3.05) is 25.0 Å². The molecule has 0 bridgehead atoms. The van der Waals surface area contributed by atoms with Crippen LogP contribution in [0.1, 0.15) is 23.2 Å². The number of hydrogen-bond acceptors (Lipinski definition) is 5. The van der Waals surface area contributed by atoms with Crippen LogP contribution in [0.4, 0.5) is 14.5 Å². The smallest absolute Gasteiger partial charge is 0.255 e. The van der Waals surface area contributed by atoms with Gasteiger partial charge >= 0.3 is 0 Å². The van der Waals surface area contributed by atoms with Gasteiger partial charge in [-0.2, -0.15) is 4.31 Å². The van der Waals surface area contributed by atoms with Gasteiger partial charge in [-0.25, -0.2) is 17.2 Å². The zero-order valence-electron chi connectivity index (χ0n) is 15.6. The van der Waals surface area contributed by atoms with Crippen LogP contribution in [0.3, 0.4) is 0 Å². The van der Waals surface area contributed by atoms with E-state index in [4.69, 9.17) is 11.6 Å². The number of benzene rings is 2. The van der Waals surface area contributed by atoms with E-state index in [1.165, 1.54) is 12.1 Å². The molecule has 0 spiro atoms. The van der Waals surface area contributed by atoms with E-state index in [0.717, 1.165) is 28.6 Å². The van der Waals surface area contributed by atoms with Crippen LogP contribution in [0.25, 0.3) is 0 Å². The molecule has 2 aromatic carbocycles. The number of anilines is 1. The Morgan fingerprint density at radius 3 is 2.37 bits per heavy atom. The SMILES string of the molecule is O=C(Nc1ccc(F)c(Cl)c1)c1ccc(F)c(S(=O)(=O)N2CCC(O)(CO)CC2)c1. The largest absolute Gasteiger partial charge is 0.393 e. The van der Waals surface area contributed by atoms with E-state index in [1.54, 1.807) is 0 Å². The Kier molecular flexibility index (Phi) is 6.44. The Bertz CT molecular complexity index is 1070. The van der Waals surface area contributed by atoms with E-state index in [1.807, 2.05) is 0 Å². The summed E-state index contributed by atoms with van der Waals surface area (Å²) in [5.41, 5.74) is -1.32. The van der Waals surface area contributed by atoms with E-state index in [-0.39, 0.29) is 42.2 Å². The van der Waals surface area contributed by atoms with Gasteiger partial charge in [0.05, 0.1) is 17.2 Å². The molecule has 1 aliphatic heterocycles. The molecule has 1 aliphatic rings. The van der Waals surface area contributed by atoms with Crippen molar-refractivity contribution < 1.29 is 32.2 Å². The Morgan fingerprint density at radius 1 is 1.13 bits per heavy atom. The second-order valence-electron chi connectivity index (χ2n) is 7.01. The fourth-order valence-electron chi connectivity index (χ4n) is 3.06. The molecule has 3 N–H and O–H groups in total. The van der Waals surface area contributed by atoms with Gasteiger partial charge in [0, 0.05) is 24.3 Å². The van der Waals surface area contributed by atoms with Crippen LogP contribution in [0.5, 0.6) is 0 Å². The van der Waals surface area contributed by atoms with Crippen molar-refractivity contribution in [2.24, 2.45) is 0 Å². The highest BCUT2D eigenvalue weighted by molar-refractivity contribution is 7.89. The topological polar surface area (TPSA) is 107 Å². The lowest BCUT2D eigenvalue weighted by Gasteiger charge is -2.36. The normalized spacial score (nSPS) is 17.0. The monoisotopic (exact) mass is 460 g/mol. The van der Waals surface area contributed by atoms with Crippen molar-refractivity contribution in [3.8, 4) is 0 Å². The molecule has 0 atom stereocenters. The van der Waals surface area contributed by atoms with Crippen LogP contribution >= 0.6 is 11.6 Å². The molecule has 11 heteroatoms. The van der Waals surface area contributed by atoms with Gasteiger partial charge in [-0.15, -0.1) is 0 Å². The van der Waals surface area contributed by atoms with Gasteiger partial charge < -0.3 is 15.5 Å². The molecule has 1 saturated heterocycles. The van der Waals surface area contributed by atoms with Gasteiger partial charge in [0.15, 0.2) is 0 Å². The van der Waals surface area contributed by atoms with Gasteiger partial charge in [-0.05, 0) is 49.2 Å². The van der Waals surface area contributed by atoms with Gasteiger partial charge in [0.25, 0.3) is 5.91 Å². The van der Waals surface area contributed by atoms with Crippen molar-refractivity contribution in [3.63, 3.8) is 0 Å². The van der Waals surface area contributed by atoms with Crippen molar-refractivity contribution in [3.05, 3.63) is 58.6 Å². The fourth-order valence-corrected chi connectivity index (χ4v) is 4.77. The summed E-state index contributed by atoms with van der Waals surface area (Å²) >= 11 is 5.67. The average molecular weight is 461 g/mol. The number of sulfonamides is 1. The van der Waals surface area contributed by atoms with Crippen LogP contribution in [-0.2, 0) is 10.0 Å².